The Bertz CT molecular complexity index is 1150. The van der Waals surface area contributed by atoms with Crippen molar-refractivity contribution >= 4 is 29.3 Å². The van der Waals surface area contributed by atoms with Crippen LogP contribution in [-0.2, 0) is 11.2 Å². The van der Waals surface area contributed by atoms with E-state index in [2.05, 4.69) is 36.9 Å². The third kappa shape index (κ3) is 8.87. The van der Waals surface area contributed by atoms with E-state index in [1.54, 1.807) is 30.4 Å². The fourth-order valence-electron chi connectivity index (χ4n) is 3.29. The predicted molar refractivity (Wildman–Crippen MR) is 139 cm³/mol. The summed E-state index contributed by atoms with van der Waals surface area (Å²) < 4.78 is 9.84. The van der Waals surface area contributed by atoms with Gasteiger partial charge in [-0.15, -0.1) is 11.3 Å². The molecule has 0 spiro atoms. The number of hydrogen-bond acceptors (Lipinski definition) is 7. The Kier molecular flexibility index (Phi) is 10.1. The van der Waals surface area contributed by atoms with Crippen molar-refractivity contribution in [3.8, 4) is 5.75 Å². The number of nitrogens with one attached hydrogen (secondary N) is 1. The smallest absolute Gasteiger partial charge is 0.410 e. The van der Waals surface area contributed by atoms with Crippen molar-refractivity contribution in [2.45, 2.75) is 66.2 Å². The molecule has 190 valence electrons. The van der Waals surface area contributed by atoms with Crippen LogP contribution in [0.5, 0.6) is 5.75 Å². The van der Waals surface area contributed by atoms with Gasteiger partial charge in [-0.1, -0.05) is 33.8 Å². The lowest BCUT2D eigenvalue weighted by molar-refractivity contribution is 0.102. The first-order chi connectivity index (χ1) is 16.4. The lowest BCUT2D eigenvalue weighted by atomic mass is 9.90. The van der Waals surface area contributed by atoms with Gasteiger partial charge in [-0.2, -0.15) is 0 Å². The fourth-order valence-corrected chi connectivity index (χ4v) is 4.30. The summed E-state index contributed by atoms with van der Waals surface area (Å²) in [7, 11) is 1.28. The average molecular weight is 502 g/mol. The zero-order valence-electron chi connectivity index (χ0n) is 21.3. The Morgan fingerprint density at radius 1 is 1.29 bits per heavy atom. The Hall–Kier alpha value is -3.13. The SMILES string of the molecule is COC(=O)N/C=C/CCC(C)c1cc(O)c(C(=O)/C(C)=C/c2ccc(CCC(C)(C)C)s2)c(=O)o1. The fraction of sp³-hybridized carbons (Fsp3) is 0.444. The quantitative estimate of drug-likeness (QED) is 0.287. The number of Topliss-reactive ketones (excluding diaryl/α,β-unsaturated/α-hetero) is 1. The van der Waals surface area contributed by atoms with Crippen LogP contribution in [0.25, 0.3) is 6.08 Å². The summed E-state index contributed by atoms with van der Waals surface area (Å²) in [6.07, 6.45) is 7.62. The van der Waals surface area contributed by atoms with Crippen molar-refractivity contribution in [1.29, 1.82) is 0 Å². The third-order valence-electron chi connectivity index (χ3n) is 5.45. The van der Waals surface area contributed by atoms with E-state index in [9.17, 15) is 19.5 Å². The Morgan fingerprint density at radius 2 is 2.00 bits per heavy atom. The average Bonchev–Trinajstić information content (AvgIpc) is 3.23. The van der Waals surface area contributed by atoms with Crippen LogP contribution in [0.3, 0.4) is 0 Å². The number of carbonyl (C=O) groups excluding carboxylic acids is 2. The predicted octanol–water partition coefficient (Wildman–Crippen LogP) is 6.43. The number of ketones is 1. The number of ether oxygens (including phenoxy) is 1. The van der Waals surface area contributed by atoms with Crippen LogP contribution in [0.4, 0.5) is 4.79 Å². The molecule has 0 fully saturated rings. The van der Waals surface area contributed by atoms with Crippen molar-refractivity contribution in [3.63, 3.8) is 0 Å². The first-order valence-corrected chi connectivity index (χ1v) is 12.4. The maximum Gasteiger partial charge on any atom is 0.410 e. The van der Waals surface area contributed by atoms with E-state index in [4.69, 9.17) is 4.42 Å². The van der Waals surface area contributed by atoms with Crippen LogP contribution < -0.4 is 10.9 Å². The molecule has 0 saturated heterocycles. The zero-order valence-corrected chi connectivity index (χ0v) is 22.1. The van der Waals surface area contributed by atoms with Crippen molar-refractivity contribution in [1.82, 2.24) is 5.32 Å². The monoisotopic (exact) mass is 501 g/mol. The highest BCUT2D eigenvalue weighted by Crippen LogP contribution is 2.28. The summed E-state index contributed by atoms with van der Waals surface area (Å²) >= 11 is 1.61. The van der Waals surface area contributed by atoms with Crippen molar-refractivity contribution < 1.29 is 23.8 Å². The normalized spacial score (nSPS) is 13.1. The molecule has 0 aliphatic carbocycles. The van der Waals surface area contributed by atoms with E-state index in [0.29, 0.717) is 24.2 Å². The molecule has 2 N–H and O–H groups in total. The molecule has 0 bridgehead atoms. The van der Waals surface area contributed by atoms with Gasteiger partial charge in [-0.05, 0) is 61.8 Å². The van der Waals surface area contributed by atoms with E-state index in [1.165, 1.54) is 24.3 Å². The molecule has 1 amide bonds. The van der Waals surface area contributed by atoms with Gasteiger partial charge < -0.3 is 14.3 Å². The summed E-state index contributed by atoms with van der Waals surface area (Å²) in [6, 6.07) is 5.35. The largest absolute Gasteiger partial charge is 0.507 e. The van der Waals surface area contributed by atoms with Crippen LogP contribution in [-0.4, -0.2) is 24.1 Å². The molecule has 0 radical (unpaired) electrons. The minimum atomic E-state index is -0.857. The van der Waals surface area contributed by atoms with Crippen molar-refractivity contribution in [2.24, 2.45) is 5.41 Å². The number of rotatable bonds is 10. The van der Waals surface area contributed by atoms with Crippen molar-refractivity contribution in [3.05, 3.63) is 67.5 Å². The van der Waals surface area contributed by atoms with Gasteiger partial charge >= 0.3 is 11.7 Å². The molecule has 2 aromatic rings. The molecular weight excluding hydrogens is 466 g/mol. The number of thiophene rings is 1. The van der Waals surface area contributed by atoms with Gasteiger partial charge in [0.2, 0.25) is 0 Å². The summed E-state index contributed by atoms with van der Waals surface area (Å²) in [4.78, 5) is 38.7. The second-order valence-electron chi connectivity index (χ2n) is 9.73. The maximum absolute atomic E-state index is 12.9. The van der Waals surface area contributed by atoms with Gasteiger partial charge in [0.15, 0.2) is 5.78 Å². The minimum Gasteiger partial charge on any atom is -0.507 e. The van der Waals surface area contributed by atoms with Crippen LogP contribution in [0.2, 0.25) is 0 Å². The maximum atomic E-state index is 12.9. The lowest BCUT2D eigenvalue weighted by Gasteiger charge is -2.16. The number of alkyl carbamates (subject to hydrolysis) is 1. The third-order valence-corrected chi connectivity index (χ3v) is 6.55. The number of amides is 1. The number of hydrogen-bond donors (Lipinski definition) is 2. The molecule has 8 heteroatoms. The molecular formula is C27H35NO6S. The van der Waals surface area contributed by atoms with Gasteiger partial charge in [0, 0.05) is 27.9 Å². The van der Waals surface area contributed by atoms with E-state index < -0.39 is 17.5 Å². The van der Waals surface area contributed by atoms with E-state index >= 15 is 0 Å². The second-order valence-corrected chi connectivity index (χ2v) is 10.9. The number of aromatic hydroxyl groups is 1. The minimum absolute atomic E-state index is 0.185. The Labute approximate surface area is 210 Å². The van der Waals surface area contributed by atoms with E-state index in [1.807, 2.05) is 13.0 Å². The van der Waals surface area contributed by atoms with Crippen LogP contribution in [0.1, 0.15) is 85.7 Å². The molecule has 2 aromatic heterocycles. The molecule has 1 unspecified atom stereocenters. The van der Waals surface area contributed by atoms with E-state index in [-0.39, 0.29) is 22.6 Å². The molecule has 35 heavy (non-hydrogen) atoms. The van der Waals surface area contributed by atoms with Gasteiger partial charge in [-0.3, -0.25) is 10.1 Å². The first-order valence-electron chi connectivity index (χ1n) is 11.6. The molecule has 0 aliphatic rings. The summed E-state index contributed by atoms with van der Waals surface area (Å²) in [5.74, 6) is -0.839. The van der Waals surface area contributed by atoms with Crippen LogP contribution >= 0.6 is 11.3 Å². The lowest BCUT2D eigenvalue weighted by Crippen LogP contribution is -2.16. The highest BCUT2D eigenvalue weighted by molar-refractivity contribution is 7.12. The van der Waals surface area contributed by atoms with Gasteiger partial charge in [0.25, 0.3) is 0 Å². The van der Waals surface area contributed by atoms with Gasteiger partial charge in [0.1, 0.15) is 17.1 Å². The number of aryl methyl sites for hydroxylation is 1. The molecule has 0 aromatic carbocycles. The van der Waals surface area contributed by atoms with E-state index in [0.717, 1.165) is 17.7 Å². The Balaban J connectivity index is 2.08. The summed E-state index contributed by atoms with van der Waals surface area (Å²) in [5, 5.41) is 12.9. The second kappa shape index (κ2) is 12.5. The topological polar surface area (TPSA) is 106 Å². The Morgan fingerprint density at radius 3 is 2.63 bits per heavy atom. The molecule has 1 atom stereocenters. The highest BCUT2D eigenvalue weighted by atomic mass is 32.1. The first kappa shape index (κ1) is 28.1. The number of methoxy groups -OCH3 is 1. The van der Waals surface area contributed by atoms with Crippen molar-refractivity contribution in [2.75, 3.05) is 7.11 Å². The van der Waals surface area contributed by atoms with Gasteiger partial charge in [0.05, 0.1) is 7.11 Å². The molecule has 0 aliphatic heterocycles. The highest BCUT2D eigenvalue weighted by Gasteiger charge is 2.22. The summed E-state index contributed by atoms with van der Waals surface area (Å²) in [6.45, 7) is 10.1. The standard InChI is InChI=1S/C27H35NO6S/c1-17(9-7-8-14-28-26(32)33-6)22-16-21(29)23(25(31)34-22)24(30)18(2)15-20-11-10-19(35-20)12-13-27(3,4)5/h8,10-11,14-17,29H,7,9,12-13H2,1-6H3,(H,28,32)/b14-8+,18-15+. The van der Waals surface area contributed by atoms with Crippen LogP contribution in [0.15, 0.2) is 45.3 Å². The zero-order chi connectivity index (χ0) is 26.2. The van der Waals surface area contributed by atoms with Crippen LogP contribution in [0, 0.1) is 5.41 Å². The summed E-state index contributed by atoms with van der Waals surface area (Å²) in [5.41, 5.74) is -0.619. The number of carbonyl (C=O) groups is 2. The molecule has 2 heterocycles. The molecule has 2 rings (SSSR count). The molecule has 0 saturated carbocycles. The number of allylic oxidation sites excluding steroid dienone is 2. The van der Waals surface area contributed by atoms with Gasteiger partial charge in [-0.25, -0.2) is 9.59 Å². The molecule has 7 nitrogen and oxygen atoms in total.